The highest BCUT2D eigenvalue weighted by atomic mass is 35.5. The second-order valence-corrected chi connectivity index (χ2v) is 2.36. The van der Waals surface area contributed by atoms with Gasteiger partial charge in [0.25, 0.3) is 0 Å². The van der Waals surface area contributed by atoms with E-state index in [9.17, 15) is 4.39 Å². The van der Waals surface area contributed by atoms with Gasteiger partial charge in [0.1, 0.15) is 0 Å². The first-order valence-corrected chi connectivity index (χ1v) is 3.49. The summed E-state index contributed by atoms with van der Waals surface area (Å²) in [6.45, 7) is 2.08. The van der Waals surface area contributed by atoms with E-state index in [0.717, 1.165) is 19.3 Å². The van der Waals surface area contributed by atoms with Crippen LogP contribution in [0.15, 0.2) is 0 Å². The van der Waals surface area contributed by atoms with Crippen LogP contribution in [-0.4, -0.2) is 5.63 Å². The van der Waals surface area contributed by atoms with Gasteiger partial charge in [-0.15, -0.1) is 0 Å². The Labute approximate surface area is 55.0 Å². The van der Waals surface area contributed by atoms with Crippen LogP contribution in [0, 0.1) is 0 Å². The smallest absolute Gasteiger partial charge is 0.173 e. The van der Waals surface area contributed by atoms with Gasteiger partial charge in [-0.25, -0.2) is 4.39 Å². The molecule has 50 valence electrons. The Bertz CT molecular complexity index is 45.8. The molecule has 0 aromatic carbocycles. The molecule has 0 aliphatic rings. The van der Waals surface area contributed by atoms with Gasteiger partial charge in [0.15, 0.2) is 5.63 Å². The van der Waals surface area contributed by atoms with Crippen molar-refractivity contribution in [2.45, 2.75) is 38.2 Å². The minimum absolute atomic E-state index is 0.509. The van der Waals surface area contributed by atoms with Crippen LogP contribution in [-0.2, 0) is 0 Å². The number of unbranched alkanes of at least 4 members (excludes halogenated alkanes) is 2. The maximum atomic E-state index is 11.8. The summed E-state index contributed by atoms with van der Waals surface area (Å²) in [5.41, 5.74) is -1.12. The van der Waals surface area contributed by atoms with Gasteiger partial charge in [0.05, 0.1) is 0 Å². The summed E-state index contributed by atoms with van der Waals surface area (Å²) >= 11 is 5.05. The first-order valence-electron chi connectivity index (χ1n) is 3.05. The zero-order valence-electron chi connectivity index (χ0n) is 5.16. The van der Waals surface area contributed by atoms with Crippen molar-refractivity contribution >= 4 is 11.6 Å². The van der Waals surface area contributed by atoms with Crippen LogP contribution < -0.4 is 0 Å². The molecule has 0 saturated heterocycles. The lowest BCUT2D eigenvalue weighted by molar-refractivity contribution is 0.407. The van der Waals surface area contributed by atoms with E-state index in [1.807, 2.05) is 0 Å². The van der Waals surface area contributed by atoms with Crippen molar-refractivity contribution in [3.05, 3.63) is 0 Å². The molecule has 0 aliphatic heterocycles. The monoisotopic (exact) mass is 138 g/mol. The highest BCUT2D eigenvalue weighted by Crippen LogP contribution is 2.08. The summed E-state index contributed by atoms with van der Waals surface area (Å²) in [5, 5.41) is 0. The van der Waals surface area contributed by atoms with E-state index in [0.29, 0.717) is 6.42 Å². The van der Waals surface area contributed by atoms with Gasteiger partial charge in [0, 0.05) is 0 Å². The van der Waals surface area contributed by atoms with Gasteiger partial charge in [-0.2, -0.15) is 0 Å². The summed E-state index contributed by atoms with van der Waals surface area (Å²) in [6.07, 6.45) is 3.65. The van der Waals surface area contributed by atoms with Crippen LogP contribution in [0.5, 0.6) is 0 Å². The minimum Gasteiger partial charge on any atom is -0.230 e. The fourth-order valence-corrected chi connectivity index (χ4v) is 0.703. The molecule has 1 atom stereocenters. The predicted molar refractivity (Wildman–Crippen MR) is 34.9 cm³/mol. The van der Waals surface area contributed by atoms with Crippen molar-refractivity contribution in [1.82, 2.24) is 0 Å². The van der Waals surface area contributed by atoms with Gasteiger partial charge in [0.2, 0.25) is 0 Å². The van der Waals surface area contributed by atoms with Crippen molar-refractivity contribution < 1.29 is 4.39 Å². The van der Waals surface area contributed by atoms with E-state index in [2.05, 4.69) is 6.92 Å². The van der Waals surface area contributed by atoms with Gasteiger partial charge in [-0.05, 0) is 12.8 Å². The lowest BCUT2D eigenvalue weighted by Crippen LogP contribution is -1.86. The van der Waals surface area contributed by atoms with Crippen LogP contribution in [0.4, 0.5) is 4.39 Å². The number of hydrogen-bond acceptors (Lipinski definition) is 0. The van der Waals surface area contributed by atoms with Crippen molar-refractivity contribution in [3.63, 3.8) is 0 Å². The molecule has 0 N–H and O–H groups in total. The van der Waals surface area contributed by atoms with E-state index in [-0.39, 0.29) is 0 Å². The van der Waals surface area contributed by atoms with E-state index < -0.39 is 5.63 Å². The summed E-state index contributed by atoms with van der Waals surface area (Å²) < 4.78 is 11.8. The van der Waals surface area contributed by atoms with Crippen LogP contribution >= 0.6 is 11.6 Å². The third kappa shape index (κ3) is 6.22. The minimum atomic E-state index is -1.12. The quantitative estimate of drug-likeness (QED) is 0.414. The van der Waals surface area contributed by atoms with Crippen LogP contribution in [0.25, 0.3) is 0 Å². The molecule has 0 radical (unpaired) electrons. The summed E-state index contributed by atoms with van der Waals surface area (Å²) in [5.74, 6) is 0. The van der Waals surface area contributed by atoms with Gasteiger partial charge >= 0.3 is 0 Å². The summed E-state index contributed by atoms with van der Waals surface area (Å²) in [4.78, 5) is 0. The third-order valence-electron chi connectivity index (χ3n) is 1.03. The van der Waals surface area contributed by atoms with Gasteiger partial charge in [-0.3, -0.25) is 0 Å². The normalized spacial score (nSPS) is 13.9. The maximum Gasteiger partial charge on any atom is 0.173 e. The summed E-state index contributed by atoms with van der Waals surface area (Å²) in [7, 11) is 0. The molecular weight excluding hydrogens is 127 g/mol. The Balaban J connectivity index is 2.72. The molecule has 0 bridgehead atoms. The average molecular weight is 139 g/mol. The predicted octanol–water partition coefficient (Wildman–Crippen LogP) is 3.10. The van der Waals surface area contributed by atoms with E-state index >= 15 is 0 Å². The molecule has 0 heterocycles. The number of hydrogen-bond donors (Lipinski definition) is 0. The molecule has 0 aromatic rings. The Kier molecular flexibility index (Phi) is 5.51. The molecule has 2 heteroatoms. The highest BCUT2D eigenvalue weighted by molar-refractivity contribution is 6.19. The van der Waals surface area contributed by atoms with E-state index in [1.165, 1.54) is 0 Å². The standard InChI is InChI=1S/C6H12ClF/c1-2-3-4-5-6(7)8/h6H,2-5H2,1H3. The molecule has 0 aromatic heterocycles. The molecule has 0 rings (SSSR count). The van der Waals surface area contributed by atoms with Crippen molar-refractivity contribution in [2.75, 3.05) is 0 Å². The van der Waals surface area contributed by atoms with Crippen LogP contribution in [0.2, 0.25) is 0 Å². The summed E-state index contributed by atoms with van der Waals surface area (Å²) in [6, 6.07) is 0. The second kappa shape index (κ2) is 5.36. The molecule has 0 nitrogen and oxygen atoms in total. The van der Waals surface area contributed by atoms with Crippen molar-refractivity contribution in [1.29, 1.82) is 0 Å². The maximum absolute atomic E-state index is 11.8. The van der Waals surface area contributed by atoms with Crippen molar-refractivity contribution in [3.8, 4) is 0 Å². The third-order valence-corrected chi connectivity index (χ3v) is 1.24. The first-order chi connectivity index (χ1) is 3.77. The average Bonchev–Trinajstić information content (AvgIpc) is 1.66. The SMILES string of the molecule is CCCCCC(F)Cl. The number of halogens is 2. The zero-order valence-corrected chi connectivity index (χ0v) is 5.92. The Morgan fingerprint density at radius 3 is 2.50 bits per heavy atom. The molecule has 1 unspecified atom stereocenters. The Morgan fingerprint density at radius 2 is 2.12 bits per heavy atom. The topological polar surface area (TPSA) is 0 Å². The van der Waals surface area contributed by atoms with E-state index in [4.69, 9.17) is 11.6 Å². The molecule has 0 aliphatic carbocycles. The highest BCUT2D eigenvalue weighted by Gasteiger charge is 1.97. The van der Waals surface area contributed by atoms with Gasteiger partial charge < -0.3 is 0 Å². The number of alkyl halides is 2. The fourth-order valence-electron chi connectivity index (χ4n) is 0.549. The lowest BCUT2D eigenvalue weighted by atomic mass is 10.2. The van der Waals surface area contributed by atoms with Crippen LogP contribution in [0.1, 0.15) is 32.6 Å². The lowest BCUT2D eigenvalue weighted by Gasteiger charge is -1.95. The zero-order chi connectivity index (χ0) is 6.41. The molecule has 0 saturated carbocycles. The van der Waals surface area contributed by atoms with Crippen LogP contribution in [0.3, 0.4) is 0 Å². The van der Waals surface area contributed by atoms with Gasteiger partial charge in [-0.1, -0.05) is 31.4 Å². The Hall–Kier alpha value is 0.220. The number of rotatable bonds is 4. The van der Waals surface area contributed by atoms with E-state index in [1.54, 1.807) is 0 Å². The molecule has 0 fully saturated rings. The Morgan fingerprint density at radius 1 is 1.50 bits per heavy atom. The second-order valence-electron chi connectivity index (χ2n) is 1.89. The fraction of sp³-hybridized carbons (Fsp3) is 1.00. The molecule has 0 amide bonds. The van der Waals surface area contributed by atoms with Crippen molar-refractivity contribution in [2.24, 2.45) is 0 Å². The first kappa shape index (κ1) is 8.22. The largest absolute Gasteiger partial charge is 0.230 e. The molecule has 0 spiro atoms. The molecular formula is C6H12ClF. The molecule has 8 heavy (non-hydrogen) atoms.